The van der Waals surface area contributed by atoms with Crippen molar-refractivity contribution in [2.45, 2.75) is 30.8 Å². The van der Waals surface area contributed by atoms with Crippen molar-refractivity contribution in [3.63, 3.8) is 0 Å². The van der Waals surface area contributed by atoms with Gasteiger partial charge in [-0.3, -0.25) is 9.36 Å². The minimum absolute atomic E-state index is 0.118. The molecule has 1 saturated heterocycles. The number of rotatable bonds is 4. The van der Waals surface area contributed by atoms with Crippen LogP contribution in [0.1, 0.15) is 18.5 Å². The zero-order valence-corrected chi connectivity index (χ0v) is 17.8. The third kappa shape index (κ3) is 3.56. The van der Waals surface area contributed by atoms with Crippen LogP contribution in [0.4, 0.5) is 0 Å². The molecule has 10 heteroatoms. The van der Waals surface area contributed by atoms with Crippen molar-refractivity contribution in [1.29, 1.82) is 0 Å². The topological polar surface area (TPSA) is 104 Å². The number of oxazole rings is 1. The molecular formula is C20H23N3O6S. The minimum atomic E-state index is -3.71. The Morgan fingerprint density at radius 2 is 1.73 bits per heavy atom. The second-order valence-corrected chi connectivity index (χ2v) is 9.45. The van der Waals surface area contributed by atoms with Crippen molar-refractivity contribution < 1.29 is 17.6 Å². The highest BCUT2D eigenvalue weighted by Gasteiger charge is 2.30. The SMILES string of the molecule is Cc1cc(OC2CCN(S(=O)(=O)c3ccc4oc(=O)n(C)c4c3)CC2)cc(=O)n1C. The fourth-order valence-corrected chi connectivity index (χ4v) is 5.09. The minimum Gasteiger partial charge on any atom is -0.490 e. The Balaban J connectivity index is 1.49. The standard InChI is InChI=1S/C20H23N3O6S/c1-13-10-15(11-19(24)21(13)2)28-14-6-8-23(9-7-14)30(26,27)16-4-5-18-17(12-16)22(3)20(25)29-18/h4-5,10-12,14H,6-9H2,1-3H3. The number of fused-ring (bicyclic) bond motifs is 1. The highest BCUT2D eigenvalue weighted by atomic mass is 32.2. The lowest BCUT2D eigenvalue weighted by Gasteiger charge is -2.31. The molecule has 2 aromatic heterocycles. The maximum Gasteiger partial charge on any atom is 0.419 e. The zero-order chi connectivity index (χ0) is 21.6. The van der Waals surface area contributed by atoms with Gasteiger partial charge in [-0.05, 0) is 44.0 Å². The van der Waals surface area contributed by atoms with Crippen molar-refractivity contribution >= 4 is 21.1 Å². The first-order chi connectivity index (χ1) is 14.2. The van der Waals surface area contributed by atoms with E-state index in [-0.39, 0.29) is 16.6 Å². The molecule has 0 bridgehead atoms. The predicted molar refractivity (Wildman–Crippen MR) is 110 cm³/mol. The number of piperidine rings is 1. The summed E-state index contributed by atoms with van der Waals surface area (Å²) in [5, 5.41) is 0. The van der Waals surface area contributed by atoms with E-state index >= 15 is 0 Å². The van der Waals surface area contributed by atoms with Gasteiger partial charge in [-0.1, -0.05) is 0 Å². The molecule has 3 aromatic rings. The second kappa shape index (κ2) is 7.44. The Morgan fingerprint density at radius 1 is 1.03 bits per heavy atom. The summed E-state index contributed by atoms with van der Waals surface area (Å²) in [5.74, 6) is -0.0354. The van der Waals surface area contributed by atoms with Crippen LogP contribution >= 0.6 is 0 Å². The van der Waals surface area contributed by atoms with Gasteiger partial charge in [-0.15, -0.1) is 0 Å². The molecule has 0 aliphatic carbocycles. The zero-order valence-electron chi connectivity index (χ0n) is 17.0. The van der Waals surface area contributed by atoms with Gasteiger partial charge in [0.1, 0.15) is 11.9 Å². The second-order valence-electron chi connectivity index (χ2n) is 7.51. The first-order valence-corrected chi connectivity index (χ1v) is 11.0. The van der Waals surface area contributed by atoms with Gasteiger partial charge in [0.05, 0.1) is 10.4 Å². The van der Waals surface area contributed by atoms with Crippen LogP contribution in [-0.2, 0) is 24.1 Å². The van der Waals surface area contributed by atoms with Gasteiger partial charge in [-0.25, -0.2) is 13.2 Å². The van der Waals surface area contributed by atoms with Crippen LogP contribution in [0, 0.1) is 6.92 Å². The summed E-state index contributed by atoms with van der Waals surface area (Å²) in [6.45, 7) is 2.44. The Labute approximate surface area is 173 Å². The molecule has 9 nitrogen and oxygen atoms in total. The first kappa shape index (κ1) is 20.4. The van der Waals surface area contributed by atoms with Crippen LogP contribution in [0.2, 0.25) is 0 Å². The molecule has 1 aliphatic rings. The lowest BCUT2D eigenvalue weighted by atomic mass is 10.1. The number of hydrogen-bond acceptors (Lipinski definition) is 6. The molecule has 3 heterocycles. The summed E-state index contributed by atoms with van der Waals surface area (Å²) in [6, 6.07) is 7.65. The van der Waals surface area contributed by atoms with Crippen LogP contribution in [0.5, 0.6) is 5.75 Å². The Bertz CT molecular complexity index is 1330. The van der Waals surface area contributed by atoms with E-state index in [1.165, 1.54) is 44.8 Å². The van der Waals surface area contributed by atoms with E-state index in [1.54, 1.807) is 13.1 Å². The highest BCUT2D eigenvalue weighted by Crippen LogP contribution is 2.25. The Morgan fingerprint density at radius 3 is 2.40 bits per heavy atom. The molecule has 0 amide bonds. The molecule has 1 aromatic carbocycles. The van der Waals surface area contributed by atoms with E-state index < -0.39 is 15.8 Å². The van der Waals surface area contributed by atoms with E-state index in [0.717, 1.165) is 5.69 Å². The largest absolute Gasteiger partial charge is 0.490 e. The molecule has 0 radical (unpaired) electrons. The van der Waals surface area contributed by atoms with Gasteiger partial charge in [0.15, 0.2) is 5.58 Å². The molecule has 1 aliphatic heterocycles. The lowest BCUT2D eigenvalue weighted by Crippen LogP contribution is -2.41. The molecule has 0 atom stereocenters. The molecule has 4 rings (SSSR count). The molecule has 160 valence electrons. The Hall–Kier alpha value is -2.85. The van der Waals surface area contributed by atoms with Crippen molar-refractivity contribution in [1.82, 2.24) is 13.4 Å². The van der Waals surface area contributed by atoms with Crippen LogP contribution in [0.15, 0.2) is 49.2 Å². The summed E-state index contributed by atoms with van der Waals surface area (Å²) in [7, 11) is -0.477. The van der Waals surface area contributed by atoms with E-state index in [4.69, 9.17) is 9.15 Å². The van der Waals surface area contributed by atoms with Gasteiger partial charge >= 0.3 is 5.76 Å². The van der Waals surface area contributed by atoms with E-state index in [1.807, 2.05) is 6.92 Å². The Kier molecular flexibility index (Phi) is 5.07. The van der Waals surface area contributed by atoms with Gasteiger partial charge < -0.3 is 13.7 Å². The van der Waals surface area contributed by atoms with Crippen LogP contribution in [0.3, 0.4) is 0 Å². The smallest absolute Gasteiger partial charge is 0.419 e. The number of pyridine rings is 1. The number of aryl methyl sites for hydroxylation is 2. The molecule has 30 heavy (non-hydrogen) atoms. The van der Waals surface area contributed by atoms with E-state index in [9.17, 15) is 18.0 Å². The summed E-state index contributed by atoms with van der Waals surface area (Å²) < 4.78 is 41.4. The van der Waals surface area contributed by atoms with Crippen molar-refractivity contribution in [3.8, 4) is 5.75 Å². The third-order valence-corrected chi connectivity index (χ3v) is 7.48. The van der Waals surface area contributed by atoms with Gasteiger partial charge in [0.2, 0.25) is 10.0 Å². The summed E-state index contributed by atoms with van der Waals surface area (Å²) in [4.78, 5) is 23.7. The van der Waals surface area contributed by atoms with Crippen LogP contribution in [-0.4, -0.2) is 41.1 Å². The van der Waals surface area contributed by atoms with Crippen LogP contribution in [0.25, 0.3) is 11.1 Å². The summed E-state index contributed by atoms with van der Waals surface area (Å²) in [6.07, 6.45) is 0.861. The quantitative estimate of drug-likeness (QED) is 0.616. The molecule has 0 unspecified atom stereocenters. The summed E-state index contributed by atoms with van der Waals surface area (Å²) in [5.41, 5.74) is 1.42. The van der Waals surface area contributed by atoms with Crippen LogP contribution < -0.4 is 16.1 Å². The number of sulfonamides is 1. The molecule has 0 N–H and O–H groups in total. The number of aromatic nitrogens is 2. The molecule has 0 spiro atoms. The number of hydrogen-bond donors (Lipinski definition) is 0. The maximum absolute atomic E-state index is 13.1. The lowest BCUT2D eigenvalue weighted by molar-refractivity contribution is 0.134. The average molecular weight is 433 g/mol. The average Bonchev–Trinajstić information content (AvgIpc) is 3.00. The first-order valence-electron chi connectivity index (χ1n) is 9.61. The van der Waals surface area contributed by atoms with E-state index in [0.29, 0.717) is 42.8 Å². The van der Waals surface area contributed by atoms with E-state index in [2.05, 4.69) is 0 Å². The molecule has 0 saturated carbocycles. The van der Waals surface area contributed by atoms with Crippen molar-refractivity contribution in [2.24, 2.45) is 14.1 Å². The number of benzene rings is 1. The molecule has 1 fully saturated rings. The van der Waals surface area contributed by atoms with Gasteiger partial charge in [0.25, 0.3) is 5.56 Å². The van der Waals surface area contributed by atoms with Gasteiger partial charge in [0, 0.05) is 38.9 Å². The number of nitrogens with zero attached hydrogens (tertiary/aromatic N) is 3. The number of ether oxygens (including phenoxy) is 1. The fourth-order valence-electron chi connectivity index (χ4n) is 3.60. The third-order valence-electron chi connectivity index (χ3n) is 5.58. The molecular weight excluding hydrogens is 410 g/mol. The van der Waals surface area contributed by atoms with Gasteiger partial charge in [-0.2, -0.15) is 4.31 Å². The van der Waals surface area contributed by atoms with Crippen molar-refractivity contribution in [2.75, 3.05) is 13.1 Å². The monoisotopic (exact) mass is 433 g/mol. The maximum atomic E-state index is 13.1. The summed E-state index contributed by atoms with van der Waals surface area (Å²) >= 11 is 0. The highest BCUT2D eigenvalue weighted by molar-refractivity contribution is 7.89. The van der Waals surface area contributed by atoms with Crippen molar-refractivity contribution in [3.05, 3.63) is 56.9 Å². The normalized spacial score (nSPS) is 16.2. The fraction of sp³-hybridized carbons (Fsp3) is 0.400. The predicted octanol–water partition coefficient (Wildman–Crippen LogP) is 1.37.